The number of imide groups is 1. The van der Waals surface area contributed by atoms with E-state index >= 15 is 0 Å². The van der Waals surface area contributed by atoms with Crippen molar-refractivity contribution >= 4 is 17.5 Å². The molecule has 1 fully saturated rings. The van der Waals surface area contributed by atoms with E-state index < -0.39 is 0 Å². The molecule has 1 aromatic rings. The fourth-order valence-corrected chi connectivity index (χ4v) is 1.89. The molecule has 84 valence electrons. The Morgan fingerprint density at radius 2 is 1.94 bits per heavy atom. The van der Waals surface area contributed by atoms with Crippen LogP contribution in [0.5, 0.6) is 0 Å². The molecule has 0 radical (unpaired) electrons. The Morgan fingerprint density at radius 1 is 1.31 bits per heavy atom. The summed E-state index contributed by atoms with van der Waals surface area (Å²) in [7, 11) is 0. The number of hydrogen-bond acceptors (Lipinski definition) is 3. The monoisotopic (exact) mass is 218 g/mol. The minimum atomic E-state index is -0.238. The van der Waals surface area contributed by atoms with E-state index in [0.717, 1.165) is 5.69 Å². The van der Waals surface area contributed by atoms with Gasteiger partial charge in [-0.2, -0.15) is 5.01 Å². The highest BCUT2D eigenvalue weighted by Gasteiger charge is 2.37. The molecule has 1 heterocycles. The predicted molar refractivity (Wildman–Crippen MR) is 60.5 cm³/mol. The smallest absolute Gasteiger partial charge is 0.252 e. The first-order valence-electron chi connectivity index (χ1n) is 5.28. The molecule has 1 aliphatic rings. The molecule has 4 nitrogen and oxygen atoms in total. The van der Waals surface area contributed by atoms with Crippen molar-refractivity contribution in [2.24, 2.45) is 5.92 Å². The van der Waals surface area contributed by atoms with E-state index in [9.17, 15) is 9.59 Å². The largest absolute Gasteiger partial charge is 0.275 e. The van der Waals surface area contributed by atoms with Crippen LogP contribution in [0.25, 0.3) is 0 Å². The van der Waals surface area contributed by atoms with Crippen LogP contribution in [0.1, 0.15) is 13.8 Å². The van der Waals surface area contributed by atoms with E-state index in [1.165, 1.54) is 11.9 Å². The quantitative estimate of drug-likeness (QED) is 0.716. The molecule has 0 unspecified atom stereocenters. The van der Waals surface area contributed by atoms with Crippen LogP contribution in [-0.2, 0) is 9.59 Å². The second kappa shape index (κ2) is 3.96. The lowest BCUT2D eigenvalue weighted by molar-refractivity contribution is -0.142. The highest BCUT2D eigenvalue weighted by Crippen LogP contribution is 2.25. The average Bonchev–Trinajstić information content (AvgIpc) is 2.57. The van der Waals surface area contributed by atoms with Crippen molar-refractivity contribution in [2.45, 2.75) is 13.8 Å². The SMILES string of the molecule is CC(=O)N1C(=O)[C@@H](C)CN1c1ccccc1. The second-order valence-corrected chi connectivity index (χ2v) is 3.99. The zero-order valence-corrected chi connectivity index (χ0v) is 9.38. The molecule has 2 amide bonds. The van der Waals surface area contributed by atoms with Gasteiger partial charge in [-0.05, 0) is 12.1 Å². The van der Waals surface area contributed by atoms with Crippen LogP contribution < -0.4 is 5.01 Å². The minimum absolute atomic E-state index is 0.128. The average molecular weight is 218 g/mol. The number of para-hydroxylation sites is 1. The number of amides is 2. The van der Waals surface area contributed by atoms with Crippen LogP contribution in [0, 0.1) is 5.92 Å². The van der Waals surface area contributed by atoms with Crippen molar-refractivity contribution in [1.29, 1.82) is 0 Å². The number of hydrazine groups is 1. The van der Waals surface area contributed by atoms with Gasteiger partial charge in [-0.15, -0.1) is 0 Å². The van der Waals surface area contributed by atoms with Gasteiger partial charge < -0.3 is 0 Å². The predicted octanol–water partition coefficient (Wildman–Crippen LogP) is 1.43. The summed E-state index contributed by atoms with van der Waals surface area (Å²) in [6, 6.07) is 9.47. The number of rotatable bonds is 1. The summed E-state index contributed by atoms with van der Waals surface area (Å²) in [5.74, 6) is -0.501. The van der Waals surface area contributed by atoms with E-state index in [1.807, 2.05) is 37.3 Å². The lowest BCUT2D eigenvalue weighted by Gasteiger charge is -2.26. The molecule has 2 rings (SSSR count). The lowest BCUT2D eigenvalue weighted by atomic mass is 10.2. The summed E-state index contributed by atoms with van der Waals surface area (Å²) < 4.78 is 0. The summed E-state index contributed by atoms with van der Waals surface area (Å²) in [5.41, 5.74) is 0.871. The van der Waals surface area contributed by atoms with Gasteiger partial charge in [0.2, 0.25) is 5.91 Å². The van der Waals surface area contributed by atoms with E-state index in [4.69, 9.17) is 0 Å². The van der Waals surface area contributed by atoms with E-state index in [-0.39, 0.29) is 17.7 Å². The Kier molecular flexibility index (Phi) is 2.64. The Labute approximate surface area is 94.4 Å². The van der Waals surface area contributed by atoms with E-state index in [1.54, 1.807) is 5.01 Å². The van der Waals surface area contributed by atoms with E-state index in [0.29, 0.717) is 6.54 Å². The summed E-state index contributed by atoms with van der Waals surface area (Å²) in [6.07, 6.45) is 0. The third-order valence-electron chi connectivity index (χ3n) is 2.67. The zero-order valence-electron chi connectivity index (χ0n) is 9.38. The summed E-state index contributed by atoms with van der Waals surface area (Å²) in [5, 5.41) is 2.95. The minimum Gasteiger partial charge on any atom is -0.275 e. The van der Waals surface area contributed by atoms with Crippen molar-refractivity contribution in [1.82, 2.24) is 5.01 Å². The van der Waals surface area contributed by atoms with Gasteiger partial charge in [-0.1, -0.05) is 25.1 Å². The first-order chi connectivity index (χ1) is 7.61. The molecule has 4 heteroatoms. The van der Waals surface area contributed by atoms with Gasteiger partial charge in [0.1, 0.15) is 0 Å². The van der Waals surface area contributed by atoms with Crippen LogP contribution >= 0.6 is 0 Å². The molecule has 1 aliphatic heterocycles. The number of hydrogen-bond donors (Lipinski definition) is 0. The number of anilines is 1. The van der Waals surface area contributed by atoms with Gasteiger partial charge in [0, 0.05) is 6.92 Å². The first kappa shape index (κ1) is 10.7. The maximum atomic E-state index is 11.8. The lowest BCUT2D eigenvalue weighted by Crippen LogP contribution is -2.42. The molecule has 0 saturated carbocycles. The molecule has 0 spiro atoms. The van der Waals surface area contributed by atoms with Gasteiger partial charge in [0.25, 0.3) is 5.91 Å². The summed E-state index contributed by atoms with van der Waals surface area (Å²) >= 11 is 0. The Morgan fingerprint density at radius 3 is 2.50 bits per heavy atom. The maximum Gasteiger partial charge on any atom is 0.252 e. The molecule has 1 atom stereocenters. The molecule has 0 aliphatic carbocycles. The van der Waals surface area contributed by atoms with Gasteiger partial charge in [0.15, 0.2) is 0 Å². The third kappa shape index (κ3) is 1.66. The van der Waals surface area contributed by atoms with Crippen LogP contribution in [0.15, 0.2) is 30.3 Å². The summed E-state index contributed by atoms with van der Waals surface area (Å²) in [6.45, 7) is 3.80. The maximum absolute atomic E-state index is 11.8. The van der Waals surface area contributed by atoms with Gasteiger partial charge in [-0.3, -0.25) is 14.6 Å². The number of carbonyl (C=O) groups is 2. The van der Waals surface area contributed by atoms with Crippen molar-refractivity contribution in [3.05, 3.63) is 30.3 Å². The highest BCUT2D eigenvalue weighted by atomic mass is 16.2. The van der Waals surface area contributed by atoms with Gasteiger partial charge in [-0.25, -0.2) is 0 Å². The summed E-state index contributed by atoms with van der Waals surface area (Å²) in [4.78, 5) is 23.2. The second-order valence-electron chi connectivity index (χ2n) is 3.99. The van der Waals surface area contributed by atoms with Crippen molar-refractivity contribution < 1.29 is 9.59 Å². The number of nitrogens with zero attached hydrogens (tertiary/aromatic N) is 2. The molecular formula is C12H14N2O2. The number of benzene rings is 1. The fourth-order valence-electron chi connectivity index (χ4n) is 1.89. The van der Waals surface area contributed by atoms with Gasteiger partial charge in [0.05, 0.1) is 18.2 Å². The van der Waals surface area contributed by atoms with Crippen LogP contribution in [0.3, 0.4) is 0 Å². The molecule has 0 N–H and O–H groups in total. The molecule has 0 aromatic heterocycles. The highest BCUT2D eigenvalue weighted by molar-refractivity contribution is 5.99. The van der Waals surface area contributed by atoms with Crippen molar-refractivity contribution in [2.75, 3.05) is 11.6 Å². The van der Waals surface area contributed by atoms with E-state index in [2.05, 4.69) is 0 Å². The first-order valence-corrected chi connectivity index (χ1v) is 5.28. The van der Waals surface area contributed by atoms with Crippen molar-refractivity contribution in [3.8, 4) is 0 Å². The Bertz CT molecular complexity index is 416. The number of carbonyl (C=O) groups excluding carboxylic acids is 2. The standard InChI is InChI=1S/C12H14N2O2/c1-9-8-13(11-6-4-3-5-7-11)14(10(2)15)12(9)16/h3-7,9H,8H2,1-2H3/t9-/m0/s1. The van der Waals surface area contributed by atoms with Gasteiger partial charge >= 0.3 is 0 Å². The van der Waals surface area contributed by atoms with Crippen LogP contribution in [0.4, 0.5) is 5.69 Å². The molecule has 16 heavy (non-hydrogen) atoms. The Hall–Kier alpha value is -1.84. The molecule has 1 saturated heterocycles. The van der Waals surface area contributed by atoms with Crippen LogP contribution in [-0.4, -0.2) is 23.4 Å². The molecule has 0 bridgehead atoms. The topological polar surface area (TPSA) is 40.6 Å². The normalized spacial score (nSPS) is 20.4. The van der Waals surface area contributed by atoms with Crippen molar-refractivity contribution in [3.63, 3.8) is 0 Å². The fraction of sp³-hybridized carbons (Fsp3) is 0.333. The molecule has 1 aromatic carbocycles. The van der Waals surface area contributed by atoms with Crippen LogP contribution in [0.2, 0.25) is 0 Å². The zero-order chi connectivity index (χ0) is 11.7. The Balaban J connectivity index is 2.34. The molecular weight excluding hydrogens is 204 g/mol. The third-order valence-corrected chi connectivity index (χ3v) is 2.67.